The highest BCUT2D eigenvalue weighted by Gasteiger charge is 2.42. The second kappa shape index (κ2) is 18.1. The van der Waals surface area contributed by atoms with Gasteiger partial charge in [-0.05, 0) is 118 Å². The summed E-state index contributed by atoms with van der Waals surface area (Å²) in [5.41, 5.74) is 2.24. The zero-order valence-corrected chi connectivity index (χ0v) is 27.5. The average Bonchev–Trinajstić information content (AvgIpc) is 2.96. The normalized spacial score (nSPS) is 29.5. The minimum atomic E-state index is 0.725. The number of hydrogen-bond donors (Lipinski definition) is 0. The van der Waals surface area contributed by atoms with Crippen molar-refractivity contribution < 1.29 is 0 Å². The molecule has 1 saturated heterocycles. The molecule has 3 spiro atoms. The molecule has 0 aromatic heterocycles. The van der Waals surface area contributed by atoms with Gasteiger partial charge in [0.1, 0.15) is 0 Å². The van der Waals surface area contributed by atoms with E-state index in [0.29, 0.717) is 0 Å². The minimum absolute atomic E-state index is 0.725. The Balaban J connectivity index is 1.25. The average molecular weight is 559 g/mol. The summed E-state index contributed by atoms with van der Waals surface area (Å²) in [5.74, 6) is 2.85. The summed E-state index contributed by atoms with van der Waals surface area (Å²) >= 11 is 2.25. The summed E-state index contributed by atoms with van der Waals surface area (Å²) in [4.78, 5) is 0. The topological polar surface area (TPSA) is 0 Å². The third-order valence-electron chi connectivity index (χ3n) is 12.6. The highest BCUT2D eigenvalue weighted by atomic mass is 32.2. The monoisotopic (exact) mass is 559 g/mol. The third-order valence-corrected chi connectivity index (χ3v) is 13.8. The van der Waals surface area contributed by atoms with Gasteiger partial charge in [-0.15, -0.1) is 0 Å². The molecular formula is C38H70S. The smallest absolute Gasteiger partial charge is 0.00675 e. The van der Waals surface area contributed by atoms with Crippen LogP contribution in [0.2, 0.25) is 0 Å². The second-order valence-electron chi connectivity index (χ2n) is 15.5. The maximum atomic E-state index is 2.25. The van der Waals surface area contributed by atoms with Gasteiger partial charge in [0.15, 0.2) is 0 Å². The van der Waals surface area contributed by atoms with Gasteiger partial charge in [0, 0.05) is 0 Å². The quantitative estimate of drug-likeness (QED) is 0.285. The van der Waals surface area contributed by atoms with Gasteiger partial charge in [-0.2, -0.15) is 11.8 Å². The molecule has 0 amide bonds. The Hall–Kier alpha value is 0.350. The molecule has 0 bridgehead atoms. The van der Waals surface area contributed by atoms with Crippen LogP contribution in [0.1, 0.15) is 212 Å². The van der Waals surface area contributed by atoms with Crippen molar-refractivity contribution in [3.05, 3.63) is 0 Å². The van der Waals surface area contributed by atoms with E-state index in [4.69, 9.17) is 0 Å². The SMILES string of the molecule is C1CCCCCCC2(CCCCCCSCCCCC1)CCC1(CCCCC3(CCCCC3)CCCC1)CC2. The van der Waals surface area contributed by atoms with Crippen LogP contribution in [0.4, 0.5) is 0 Å². The van der Waals surface area contributed by atoms with Crippen molar-refractivity contribution in [3.8, 4) is 0 Å². The van der Waals surface area contributed by atoms with Crippen LogP contribution in [0.25, 0.3) is 0 Å². The highest BCUT2D eigenvalue weighted by Crippen LogP contribution is 2.55. The molecule has 0 radical (unpaired) electrons. The van der Waals surface area contributed by atoms with Crippen molar-refractivity contribution in [2.75, 3.05) is 11.5 Å². The zero-order valence-electron chi connectivity index (χ0n) is 26.7. The van der Waals surface area contributed by atoms with Crippen LogP contribution in [-0.2, 0) is 0 Å². The molecular weight excluding hydrogens is 488 g/mol. The van der Waals surface area contributed by atoms with Crippen LogP contribution in [0.5, 0.6) is 0 Å². The minimum Gasteiger partial charge on any atom is -0.162 e. The van der Waals surface area contributed by atoms with Crippen LogP contribution in [0.3, 0.4) is 0 Å². The first-order chi connectivity index (χ1) is 19.2. The lowest BCUT2D eigenvalue weighted by Crippen LogP contribution is -2.35. The van der Waals surface area contributed by atoms with Crippen LogP contribution in [0.15, 0.2) is 0 Å². The van der Waals surface area contributed by atoms with Gasteiger partial charge < -0.3 is 0 Å². The predicted molar refractivity (Wildman–Crippen MR) is 177 cm³/mol. The lowest BCUT2D eigenvalue weighted by molar-refractivity contribution is 0.0360. The van der Waals surface area contributed by atoms with E-state index >= 15 is 0 Å². The van der Waals surface area contributed by atoms with Gasteiger partial charge in [0.25, 0.3) is 0 Å². The molecule has 0 unspecified atom stereocenters. The predicted octanol–water partition coefficient (Wildman–Crippen LogP) is 13.6. The first-order valence-electron chi connectivity index (χ1n) is 18.8. The van der Waals surface area contributed by atoms with Gasteiger partial charge in [0.05, 0.1) is 0 Å². The summed E-state index contributed by atoms with van der Waals surface area (Å²) in [6.45, 7) is 0. The van der Waals surface area contributed by atoms with Gasteiger partial charge >= 0.3 is 0 Å². The molecule has 1 heterocycles. The fourth-order valence-corrected chi connectivity index (χ4v) is 10.8. The van der Waals surface area contributed by atoms with Crippen LogP contribution >= 0.6 is 11.8 Å². The van der Waals surface area contributed by atoms with Crippen molar-refractivity contribution in [1.82, 2.24) is 0 Å². The van der Waals surface area contributed by atoms with Crippen molar-refractivity contribution in [2.24, 2.45) is 16.2 Å². The standard InChI is InChI=1S/C38H70S/c1-2-4-6-9-20-34-39-35-21-10-8-13-25-37(24-12-7-5-3-1)30-32-38(33-31-37)28-18-16-26-36(27-17-19-29-38)22-14-11-15-23-36/h1-35H2. The first kappa shape index (κ1) is 32.3. The van der Waals surface area contributed by atoms with Crippen molar-refractivity contribution in [2.45, 2.75) is 212 Å². The molecule has 228 valence electrons. The van der Waals surface area contributed by atoms with E-state index < -0.39 is 0 Å². The van der Waals surface area contributed by atoms with E-state index in [1.165, 1.54) is 121 Å². The molecule has 3 saturated carbocycles. The Bertz CT molecular complexity index is 570. The molecule has 1 heteroatoms. The third kappa shape index (κ3) is 11.5. The fraction of sp³-hybridized carbons (Fsp3) is 1.00. The molecule has 0 aromatic carbocycles. The zero-order chi connectivity index (χ0) is 27.0. The van der Waals surface area contributed by atoms with Crippen molar-refractivity contribution >= 4 is 11.8 Å². The van der Waals surface area contributed by atoms with Crippen LogP contribution < -0.4 is 0 Å². The largest absolute Gasteiger partial charge is 0.162 e. The highest BCUT2D eigenvalue weighted by molar-refractivity contribution is 7.99. The van der Waals surface area contributed by atoms with E-state index in [1.807, 2.05) is 0 Å². The van der Waals surface area contributed by atoms with Crippen LogP contribution in [0, 0.1) is 16.2 Å². The summed E-state index contributed by atoms with van der Waals surface area (Å²) in [6, 6.07) is 0. The molecule has 4 fully saturated rings. The van der Waals surface area contributed by atoms with Gasteiger partial charge in [-0.1, -0.05) is 122 Å². The Kier molecular flexibility index (Phi) is 15.0. The van der Waals surface area contributed by atoms with E-state index in [0.717, 1.165) is 16.2 Å². The van der Waals surface area contributed by atoms with Crippen molar-refractivity contribution in [3.63, 3.8) is 0 Å². The molecule has 4 aliphatic rings. The van der Waals surface area contributed by atoms with E-state index in [-0.39, 0.29) is 0 Å². The molecule has 0 aromatic rings. The maximum Gasteiger partial charge on any atom is -0.00675 e. The van der Waals surface area contributed by atoms with Crippen LogP contribution in [-0.4, -0.2) is 11.5 Å². The molecule has 4 rings (SSSR count). The summed E-state index contributed by atoms with van der Waals surface area (Å²) in [7, 11) is 0. The fourth-order valence-electron chi connectivity index (χ4n) is 9.77. The molecule has 0 nitrogen and oxygen atoms in total. The molecule has 1 aliphatic heterocycles. The second-order valence-corrected chi connectivity index (χ2v) is 16.8. The number of thioether (sulfide) groups is 1. The Morgan fingerprint density at radius 2 is 0.410 bits per heavy atom. The Morgan fingerprint density at radius 3 is 0.744 bits per heavy atom. The lowest BCUT2D eigenvalue weighted by Gasteiger charge is -2.48. The maximum absolute atomic E-state index is 2.25. The number of rotatable bonds is 0. The van der Waals surface area contributed by atoms with E-state index in [1.54, 1.807) is 103 Å². The van der Waals surface area contributed by atoms with Crippen molar-refractivity contribution in [1.29, 1.82) is 0 Å². The molecule has 39 heavy (non-hydrogen) atoms. The molecule has 0 N–H and O–H groups in total. The first-order valence-corrected chi connectivity index (χ1v) is 20.0. The molecule has 3 aliphatic carbocycles. The van der Waals surface area contributed by atoms with Gasteiger partial charge in [0.2, 0.25) is 0 Å². The lowest BCUT2D eigenvalue weighted by atomic mass is 9.57. The van der Waals surface area contributed by atoms with E-state index in [9.17, 15) is 0 Å². The molecule has 0 atom stereocenters. The summed E-state index contributed by atoms with van der Waals surface area (Å²) < 4.78 is 0. The Morgan fingerprint density at radius 1 is 0.205 bits per heavy atom. The number of hydrogen-bond acceptors (Lipinski definition) is 1. The summed E-state index contributed by atoms with van der Waals surface area (Å²) in [5, 5.41) is 0. The van der Waals surface area contributed by atoms with Gasteiger partial charge in [-0.25, -0.2) is 0 Å². The van der Waals surface area contributed by atoms with Gasteiger partial charge in [-0.3, -0.25) is 0 Å². The Labute approximate surface area is 250 Å². The van der Waals surface area contributed by atoms with E-state index in [2.05, 4.69) is 11.8 Å². The summed E-state index contributed by atoms with van der Waals surface area (Å²) in [6.07, 6.45) is 50.7.